The zero-order valence-corrected chi connectivity index (χ0v) is 21.3. The number of esters is 1. The van der Waals surface area contributed by atoms with Crippen LogP contribution in [0, 0.1) is 0 Å². The largest absolute Gasteiger partial charge is 0.478 e. The van der Waals surface area contributed by atoms with Gasteiger partial charge in [-0.05, 0) is 46.0 Å². The number of carboxylic acids is 2. The predicted octanol–water partition coefficient (Wildman–Crippen LogP) is 6.46. The average Bonchev–Trinajstić information content (AvgIpc) is 2.93. The predicted molar refractivity (Wildman–Crippen MR) is 143 cm³/mol. The standard InChI is InChI=1S/C31H26O8/c1-31(2,38-30(36)25-16-15-23(18-27(25)29(34)35)21-11-7-4-8-12-21)39-37-19-24-14-13-22(17-26(24)28(32)33)20-9-5-3-6-10-20/h3-18H,19H2,1-2H3,(H,32,33)(H,34,35). The molecule has 0 saturated carbocycles. The van der Waals surface area contributed by atoms with Crippen molar-refractivity contribution < 1.29 is 39.1 Å². The molecule has 198 valence electrons. The van der Waals surface area contributed by atoms with Gasteiger partial charge in [0.05, 0.1) is 16.7 Å². The fraction of sp³-hybridized carbons (Fsp3) is 0.129. The molecule has 0 saturated heterocycles. The van der Waals surface area contributed by atoms with E-state index in [4.69, 9.17) is 14.5 Å². The molecular weight excluding hydrogens is 500 g/mol. The summed E-state index contributed by atoms with van der Waals surface area (Å²) >= 11 is 0. The zero-order valence-electron chi connectivity index (χ0n) is 21.3. The Balaban J connectivity index is 1.44. The fourth-order valence-corrected chi connectivity index (χ4v) is 3.95. The van der Waals surface area contributed by atoms with Gasteiger partial charge in [-0.3, -0.25) is 0 Å². The normalized spacial score (nSPS) is 11.1. The highest BCUT2D eigenvalue weighted by atomic mass is 17.2. The first-order chi connectivity index (χ1) is 18.6. The molecule has 0 radical (unpaired) electrons. The Morgan fingerprint density at radius 1 is 0.641 bits per heavy atom. The van der Waals surface area contributed by atoms with Crippen molar-refractivity contribution in [1.29, 1.82) is 0 Å². The Kier molecular flexibility index (Phi) is 8.19. The Bertz CT molecular complexity index is 1490. The second-order valence-corrected chi connectivity index (χ2v) is 9.11. The van der Waals surface area contributed by atoms with E-state index < -0.39 is 23.7 Å². The minimum Gasteiger partial charge on any atom is -0.478 e. The first-order valence-corrected chi connectivity index (χ1v) is 12.0. The molecule has 4 rings (SSSR count). The summed E-state index contributed by atoms with van der Waals surface area (Å²) < 4.78 is 5.39. The smallest absolute Gasteiger partial charge is 0.341 e. The minimum atomic E-state index is -1.61. The number of benzene rings is 4. The van der Waals surface area contributed by atoms with Crippen molar-refractivity contribution in [2.75, 3.05) is 0 Å². The summed E-state index contributed by atoms with van der Waals surface area (Å²) in [5, 5.41) is 19.4. The van der Waals surface area contributed by atoms with Crippen molar-refractivity contribution >= 4 is 17.9 Å². The van der Waals surface area contributed by atoms with Crippen LogP contribution in [0.3, 0.4) is 0 Å². The van der Waals surface area contributed by atoms with E-state index >= 15 is 0 Å². The number of carbonyl (C=O) groups excluding carboxylic acids is 1. The van der Waals surface area contributed by atoms with Gasteiger partial charge < -0.3 is 14.9 Å². The molecule has 0 heterocycles. The monoisotopic (exact) mass is 526 g/mol. The lowest BCUT2D eigenvalue weighted by Crippen LogP contribution is -2.32. The van der Waals surface area contributed by atoms with Crippen molar-refractivity contribution in [3.63, 3.8) is 0 Å². The molecule has 39 heavy (non-hydrogen) atoms. The SMILES string of the molecule is CC(C)(OOCc1ccc(-c2ccccc2)cc1C(=O)O)OC(=O)c1ccc(-c2ccccc2)cc1C(=O)O. The molecule has 0 bridgehead atoms. The van der Waals surface area contributed by atoms with Gasteiger partial charge in [0.25, 0.3) is 0 Å². The van der Waals surface area contributed by atoms with E-state index in [9.17, 15) is 24.6 Å². The first kappa shape index (κ1) is 27.3. The van der Waals surface area contributed by atoms with Crippen molar-refractivity contribution in [3.8, 4) is 22.3 Å². The maximum atomic E-state index is 12.9. The van der Waals surface area contributed by atoms with Crippen LogP contribution in [0.25, 0.3) is 22.3 Å². The molecule has 0 atom stereocenters. The Hall–Kier alpha value is -4.79. The summed E-state index contributed by atoms with van der Waals surface area (Å²) in [6, 6.07) is 27.9. The van der Waals surface area contributed by atoms with Crippen LogP contribution in [-0.4, -0.2) is 33.9 Å². The zero-order chi connectivity index (χ0) is 28.0. The van der Waals surface area contributed by atoms with Crippen molar-refractivity contribution in [3.05, 3.63) is 119 Å². The van der Waals surface area contributed by atoms with Crippen LogP contribution in [0.5, 0.6) is 0 Å². The molecule has 0 aliphatic carbocycles. The minimum absolute atomic E-state index is 0.0411. The highest BCUT2D eigenvalue weighted by molar-refractivity contribution is 6.03. The number of hydrogen-bond acceptors (Lipinski definition) is 6. The van der Waals surface area contributed by atoms with Crippen molar-refractivity contribution in [2.45, 2.75) is 26.2 Å². The van der Waals surface area contributed by atoms with Gasteiger partial charge in [-0.25, -0.2) is 19.3 Å². The van der Waals surface area contributed by atoms with E-state index in [1.54, 1.807) is 24.3 Å². The van der Waals surface area contributed by atoms with Gasteiger partial charge in [-0.1, -0.05) is 78.9 Å². The number of rotatable bonds is 10. The van der Waals surface area contributed by atoms with Crippen molar-refractivity contribution in [2.24, 2.45) is 0 Å². The van der Waals surface area contributed by atoms with Crippen LogP contribution in [0.4, 0.5) is 0 Å². The Morgan fingerprint density at radius 3 is 1.69 bits per heavy atom. The lowest BCUT2D eigenvalue weighted by Gasteiger charge is -2.24. The van der Waals surface area contributed by atoms with Crippen LogP contribution in [0.1, 0.15) is 50.5 Å². The molecular formula is C31H26O8. The highest BCUT2D eigenvalue weighted by Crippen LogP contribution is 2.26. The molecule has 0 unspecified atom stereocenters. The summed E-state index contributed by atoms with van der Waals surface area (Å²) in [5.74, 6) is -4.94. The molecule has 0 amide bonds. The van der Waals surface area contributed by atoms with E-state index in [1.807, 2.05) is 60.7 Å². The van der Waals surface area contributed by atoms with Crippen molar-refractivity contribution in [1.82, 2.24) is 0 Å². The van der Waals surface area contributed by atoms with E-state index in [1.165, 1.54) is 26.0 Å². The third kappa shape index (κ3) is 6.75. The van der Waals surface area contributed by atoms with Gasteiger partial charge in [-0.15, -0.1) is 0 Å². The second-order valence-electron chi connectivity index (χ2n) is 9.11. The topological polar surface area (TPSA) is 119 Å². The molecule has 8 heteroatoms. The van der Waals surface area contributed by atoms with Gasteiger partial charge in [0.1, 0.15) is 6.61 Å². The fourth-order valence-electron chi connectivity index (χ4n) is 3.95. The van der Waals surface area contributed by atoms with E-state index in [-0.39, 0.29) is 23.3 Å². The van der Waals surface area contributed by atoms with E-state index in [0.29, 0.717) is 11.1 Å². The molecule has 8 nitrogen and oxygen atoms in total. The van der Waals surface area contributed by atoms with Crippen LogP contribution >= 0.6 is 0 Å². The number of carbonyl (C=O) groups is 3. The van der Waals surface area contributed by atoms with Gasteiger partial charge >= 0.3 is 17.9 Å². The summed E-state index contributed by atoms with van der Waals surface area (Å²) in [4.78, 5) is 47.2. The third-order valence-corrected chi connectivity index (χ3v) is 5.84. The Morgan fingerprint density at radius 2 is 1.15 bits per heavy atom. The first-order valence-electron chi connectivity index (χ1n) is 12.0. The maximum absolute atomic E-state index is 12.9. The Labute approximate surface area is 225 Å². The second kappa shape index (κ2) is 11.7. The third-order valence-electron chi connectivity index (χ3n) is 5.84. The molecule has 2 N–H and O–H groups in total. The average molecular weight is 527 g/mol. The summed E-state index contributed by atoms with van der Waals surface area (Å²) in [6.07, 6.45) is 0. The number of aromatic carboxylic acids is 2. The van der Waals surface area contributed by atoms with Gasteiger partial charge in [0, 0.05) is 13.8 Å². The summed E-state index contributed by atoms with van der Waals surface area (Å²) in [6.45, 7) is 2.60. The van der Waals surface area contributed by atoms with Gasteiger partial charge in [0.15, 0.2) is 0 Å². The number of ether oxygens (including phenoxy) is 1. The maximum Gasteiger partial charge on any atom is 0.341 e. The molecule has 0 spiro atoms. The molecule has 4 aromatic carbocycles. The molecule has 0 fully saturated rings. The molecule has 0 aromatic heterocycles. The van der Waals surface area contributed by atoms with Crippen LogP contribution < -0.4 is 0 Å². The van der Waals surface area contributed by atoms with Crippen LogP contribution in [0.15, 0.2) is 97.1 Å². The number of hydrogen-bond donors (Lipinski definition) is 2. The van der Waals surface area contributed by atoms with Gasteiger partial charge in [0.2, 0.25) is 5.79 Å². The van der Waals surface area contributed by atoms with Crippen LogP contribution in [0.2, 0.25) is 0 Å². The van der Waals surface area contributed by atoms with Crippen LogP contribution in [-0.2, 0) is 21.1 Å². The number of carboxylic acid groups (broad SMARTS) is 2. The lowest BCUT2D eigenvalue weighted by molar-refractivity contribution is -0.411. The van der Waals surface area contributed by atoms with E-state index in [0.717, 1.165) is 16.7 Å². The lowest BCUT2D eigenvalue weighted by atomic mass is 9.99. The van der Waals surface area contributed by atoms with E-state index in [2.05, 4.69) is 0 Å². The molecule has 0 aliphatic rings. The summed E-state index contributed by atoms with van der Waals surface area (Å²) in [5.41, 5.74) is 3.07. The van der Waals surface area contributed by atoms with Gasteiger partial charge in [-0.2, -0.15) is 4.89 Å². The quantitative estimate of drug-likeness (QED) is 0.105. The molecule has 0 aliphatic heterocycles. The molecule has 4 aromatic rings. The summed E-state index contributed by atoms with van der Waals surface area (Å²) in [7, 11) is 0. The highest BCUT2D eigenvalue weighted by Gasteiger charge is 2.29.